The fourth-order valence-electron chi connectivity index (χ4n) is 2.72. The van der Waals surface area contributed by atoms with Gasteiger partial charge in [-0.15, -0.1) is 0 Å². The molecule has 0 spiro atoms. The molecule has 112 valence electrons. The van der Waals surface area contributed by atoms with Gasteiger partial charge in [0.1, 0.15) is 5.82 Å². The maximum absolute atomic E-state index is 5.89. The predicted octanol–water partition coefficient (Wildman–Crippen LogP) is 4.07. The topological polar surface area (TPSA) is 43.8 Å². The van der Waals surface area contributed by atoms with Gasteiger partial charge in [0.2, 0.25) is 0 Å². The van der Waals surface area contributed by atoms with E-state index in [-0.39, 0.29) is 0 Å². The summed E-state index contributed by atoms with van der Waals surface area (Å²) >= 11 is 0. The largest absolute Gasteiger partial charge is 0.399 e. The molecular weight excluding hydrogens is 270 g/mol. The molecule has 22 heavy (non-hydrogen) atoms. The van der Waals surface area contributed by atoms with Crippen LogP contribution < -0.4 is 5.73 Å². The quantitative estimate of drug-likeness (QED) is 0.720. The van der Waals surface area contributed by atoms with Gasteiger partial charge in [0.15, 0.2) is 0 Å². The van der Waals surface area contributed by atoms with E-state index in [9.17, 15) is 0 Å². The van der Waals surface area contributed by atoms with Gasteiger partial charge in [-0.25, -0.2) is 4.98 Å². The fourth-order valence-corrected chi connectivity index (χ4v) is 2.72. The molecule has 0 saturated carbocycles. The lowest BCUT2D eigenvalue weighted by Gasteiger charge is -2.08. The van der Waals surface area contributed by atoms with Crippen molar-refractivity contribution < 1.29 is 0 Å². The van der Waals surface area contributed by atoms with Gasteiger partial charge in [-0.2, -0.15) is 0 Å². The van der Waals surface area contributed by atoms with E-state index in [1.165, 1.54) is 5.56 Å². The highest BCUT2D eigenvalue weighted by Gasteiger charge is 2.08. The summed E-state index contributed by atoms with van der Waals surface area (Å²) in [6.45, 7) is 2.99. The Labute approximate surface area is 131 Å². The molecule has 0 bridgehead atoms. The molecule has 0 aliphatic heterocycles. The minimum absolute atomic E-state index is 0.772. The lowest BCUT2D eigenvalue weighted by Crippen LogP contribution is -2.01. The van der Waals surface area contributed by atoms with Crippen LogP contribution in [-0.2, 0) is 13.0 Å². The van der Waals surface area contributed by atoms with E-state index in [0.29, 0.717) is 0 Å². The Balaban J connectivity index is 1.74. The summed E-state index contributed by atoms with van der Waals surface area (Å²) in [5, 5.41) is 0. The predicted molar refractivity (Wildman–Crippen MR) is 91.6 cm³/mol. The maximum atomic E-state index is 5.89. The van der Waals surface area contributed by atoms with Crippen LogP contribution in [0.3, 0.4) is 0 Å². The standard InChI is InChI=1S/C19H21N3/c1-15-14-22(12-6-9-16-7-3-2-4-8-16)19(21-15)17-10-5-11-18(20)13-17/h2-5,7-8,10-11,13-14H,6,9,12,20H2,1H3. The molecule has 0 saturated heterocycles. The van der Waals surface area contributed by atoms with Crippen molar-refractivity contribution in [2.45, 2.75) is 26.3 Å². The highest BCUT2D eigenvalue weighted by Crippen LogP contribution is 2.21. The smallest absolute Gasteiger partial charge is 0.140 e. The minimum atomic E-state index is 0.772. The number of aryl methyl sites for hydroxylation is 3. The first-order valence-electron chi connectivity index (χ1n) is 7.66. The molecule has 0 fully saturated rings. The van der Waals surface area contributed by atoms with Crippen LogP contribution in [0.25, 0.3) is 11.4 Å². The molecule has 2 aromatic carbocycles. The molecule has 1 aromatic heterocycles. The Kier molecular flexibility index (Phi) is 4.24. The fraction of sp³-hybridized carbons (Fsp3) is 0.211. The molecule has 0 radical (unpaired) electrons. The molecule has 3 heteroatoms. The van der Waals surface area contributed by atoms with Gasteiger partial charge in [0.25, 0.3) is 0 Å². The van der Waals surface area contributed by atoms with Crippen molar-refractivity contribution in [2.75, 3.05) is 5.73 Å². The van der Waals surface area contributed by atoms with E-state index < -0.39 is 0 Å². The van der Waals surface area contributed by atoms with Crippen LogP contribution in [0.2, 0.25) is 0 Å². The zero-order chi connectivity index (χ0) is 15.4. The van der Waals surface area contributed by atoms with Crippen molar-refractivity contribution in [1.82, 2.24) is 9.55 Å². The van der Waals surface area contributed by atoms with Crippen molar-refractivity contribution in [1.29, 1.82) is 0 Å². The number of aromatic nitrogens is 2. The molecule has 0 amide bonds. The maximum Gasteiger partial charge on any atom is 0.140 e. The van der Waals surface area contributed by atoms with Crippen LogP contribution in [0.15, 0.2) is 60.8 Å². The lowest BCUT2D eigenvalue weighted by molar-refractivity contribution is 0.647. The molecule has 2 N–H and O–H groups in total. The van der Waals surface area contributed by atoms with E-state index in [0.717, 1.165) is 42.2 Å². The number of imidazole rings is 1. The Bertz CT molecular complexity index is 744. The Morgan fingerprint density at radius 2 is 1.86 bits per heavy atom. The van der Waals surface area contributed by atoms with Gasteiger partial charge in [-0.3, -0.25) is 0 Å². The van der Waals surface area contributed by atoms with Crippen LogP contribution in [0.4, 0.5) is 5.69 Å². The second-order valence-electron chi connectivity index (χ2n) is 5.61. The highest BCUT2D eigenvalue weighted by atomic mass is 15.1. The first kappa shape index (κ1) is 14.4. The van der Waals surface area contributed by atoms with Gasteiger partial charge in [0, 0.05) is 24.0 Å². The number of anilines is 1. The number of nitrogens with two attached hydrogens (primary N) is 1. The molecule has 0 unspecified atom stereocenters. The van der Waals surface area contributed by atoms with Gasteiger partial charge < -0.3 is 10.3 Å². The van der Waals surface area contributed by atoms with Crippen molar-refractivity contribution in [3.8, 4) is 11.4 Å². The summed E-state index contributed by atoms with van der Waals surface area (Å²) < 4.78 is 2.23. The van der Waals surface area contributed by atoms with Crippen LogP contribution in [-0.4, -0.2) is 9.55 Å². The van der Waals surface area contributed by atoms with E-state index in [4.69, 9.17) is 5.73 Å². The van der Waals surface area contributed by atoms with Gasteiger partial charge >= 0.3 is 0 Å². The number of hydrogen-bond acceptors (Lipinski definition) is 2. The van der Waals surface area contributed by atoms with Gasteiger partial charge in [-0.05, 0) is 37.5 Å². The molecule has 3 rings (SSSR count). The zero-order valence-electron chi connectivity index (χ0n) is 12.9. The van der Waals surface area contributed by atoms with Crippen molar-refractivity contribution >= 4 is 5.69 Å². The zero-order valence-corrected chi connectivity index (χ0v) is 12.9. The first-order valence-corrected chi connectivity index (χ1v) is 7.66. The van der Waals surface area contributed by atoms with Crippen LogP contribution in [0.5, 0.6) is 0 Å². The second kappa shape index (κ2) is 6.48. The Morgan fingerprint density at radius 3 is 2.64 bits per heavy atom. The van der Waals surface area contributed by atoms with Crippen molar-refractivity contribution in [3.05, 3.63) is 72.1 Å². The molecule has 0 aliphatic rings. The molecule has 0 aliphatic carbocycles. The Morgan fingerprint density at radius 1 is 1.05 bits per heavy atom. The SMILES string of the molecule is Cc1cn(CCCc2ccccc2)c(-c2cccc(N)c2)n1. The van der Waals surface area contributed by atoms with Crippen molar-refractivity contribution in [3.63, 3.8) is 0 Å². The third-order valence-electron chi connectivity index (χ3n) is 3.75. The summed E-state index contributed by atoms with van der Waals surface area (Å²) in [7, 11) is 0. The van der Waals surface area contributed by atoms with Gasteiger partial charge in [-0.1, -0.05) is 42.5 Å². The van der Waals surface area contributed by atoms with E-state index >= 15 is 0 Å². The van der Waals surface area contributed by atoms with Crippen molar-refractivity contribution in [2.24, 2.45) is 0 Å². The number of rotatable bonds is 5. The number of nitrogen functional groups attached to an aromatic ring is 1. The first-order chi connectivity index (χ1) is 10.7. The normalized spacial score (nSPS) is 10.8. The summed E-state index contributed by atoms with van der Waals surface area (Å²) in [4.78, 5) is 4.66. The molecule has 0 atom stereocenters. The monoisotopic (exact) mass is 291 g/mol. The average Bonchev–Trinajstić information content (AvgIpc) is 2.89. The molecular formula is C19H21N3. The summed E-state index contributed by atoms with van der Waals surface area (Å²) in [5.74, 6) is 0.998. The number of nitrogens with zero attached hydrogens (tertiary/aromatic N) is 2. The highest BCUT2D eigenvalue weighted by molar-refractivity contribution is 5.61. The van der Waals surface area contributed by atoms with E-state index in [1.54, 1.807) is 0 Å². The van der Waals surface area contributed by atoms with E-state index in [1.807, 2.05) is 25.1 Å². The second-order valence-corrected chi connectivity index (χ2v) is 5.61. The third kappa shape index (κ3) is 3.37. The van der Waals surface area contributed by atoms with Crippen LogP contribution in [0, 0.1) is 6.92 Å². The minimum Gasteiger partial charge on any atom is -0.399 e. The Hall–Kier alpha value is -2.55. The summed E-state index contributed by atoms with van der Waals surface area (Å²) in [5.41, 5.74) is 10.2. The number of hydrogen-bond donors (Lipinski definition) is 1. The molecule has 3 nitrogen and oxygen atoms in total. The van der Waals surface area contributed by atoms with Gasteiger partial charge in [0.05, 0.1) is 5.69 Å². The third-order valence-corrected chi connectivity index (χ3v) is 3.75. The summed E-state index contributed by atoms with van der Waals surface area (Å²) in [6.07, 6.45) is 4.28. The van der Waals surface area contributed by atoms with E-state index in [2.05, 4.69) is 52.1 Å². The van der Waals surface area contributed by atoms with Crippen LogP contribution >= 0.6 is 0 Å². The number of benzene rings is 2. The molecule has 1 heterocycles. The average molecular weight is 291 g/mol. The molecule has 3 aromatic rings. The lowest BCUT2D eigenvalue weighted by atomic mass is 10.1. The summed E-state index contributed by atoms with van der Waals surface area (Å²) in [6, 6.07) is 18.5. The van der Waals surface area contributed by atoms with Crippen LogP contribution in [0.1, 0.15) is 17.7 Å².